The van der Waals surface area contributed by atoms with Crippen LogP contribution in [0.15, 0.2) is 12.4 Å². The number of imidazole rings is 1. The van der Waals surface area contributed by atoms with Crippen molar-refractivity contribution in [1.82, 2.24) is 19.8 Å². The van der Waals surface area contributed by atoms with E-state index in [0.717, 1.165) is 44.8 Å². The largest absolute Gasteiger partial charge is 0.378 e. The molecule has 1 aliphatic carbocycles. The fourth-order valence-electron chi connectivity index (χ4n) is 4.58. The van der Waals surface area contributed by atoms with E-state index >= 15 is 0 Å². The predicted molar refractivity (Wildman–Crippen MR) is 94.9 cm³/mol. The van der Waals surface area contributed by atoms with Gasteiger partial charge in [-0.05, 0) is 57.0 Å². The molecule has 3 fully saturated rings. The summed E-state index contributed by atoms with van der Waals surface area (Å²) in [5.74, 6) is 1.21. The maximum absolute atomic E-state index is 13.1. The summed E-state index contributed by atoms with van der Waals surface area (Å²) in [6.07, 6.45) is 11.2. The lowest BCUT2D eigenvalue weighted by molar-refractivity contribution is -0.137. The highest BCUT2D eigenvalue weighted by molar-refractivity contribution is 5.77. The molecule has 1 saturated carbocycles. The molecule has 1 aromatic heterocycles. The second-order valence-corrected chi connectivity index (χ2v) is 8.00. The highest BCUT2D eigenvalue weighted by atomic mass is 16.5. The third-order valence-corrected chi connectivity index (χ3v) is 6.35. The fraction of sp³-hybridized carbons (Fsp3) is 0.789. The van der Waals surface area contributed by atoms with Gasteiger partial charge in [0, 0.05) is 32.1 Å². The van der Waals surface area contributed by atoms with Crippen LogP contribution in [0.5, 0.6) is 0 Å². The number of nitrogens with one attached hydrogen (secondary N) is 1. The maximum Gasteiger partial charge on any atom is 0.225 e. The van der Waals surface area contributed by atoms with Crippen molar-refractivity contribution in [2.45, 2.75) is 63.6 Å². The molecule has 6 nitrogen and oxygen atoms in total. The van der Waals surface area contributed by atoms with Gasteiger partial charge in [0.25, 0.3) is 0 Å². The standard InChI is InChI=1S/C19H30N4O2/c1-22-10-9-21-17(22)14-23(16-13-19(16)5-7-20-8-6-19)18(24)12-15-4-2-3-11-25-15/h9-10,15-16,20H,2-8,11-14H2,1H3/t15-,16-/m0/s1. The van der Waals surface area contributed by atoms with Gasteiger partial charge in [-0.1, -0.05) is 0 Å². The van der Waals surface area contributed by atoms with E-state index in [1.54, 1.807) is 0 Å². The van der Waals surface area contributed by atoms with Gasteiger partial charge in [0.1, 0.15) is 5.82 Å². The number of hydrogen-bond donors (Lipinski definition) is 1. The molecular weight excluding hydrogens is 316 g/mol. The average molecular weight is 346 g/mol. The summed E-state index contributed by atoms with van der Waals surface area (Å²) in [6.45, 7) is 3.57. The van der Waals surface area contributed by atoms with Gasteiger partial charge in [-0.3, -0.25) is 4.79 Å². The highest BCUT2D eigenvalue weighted by Crippen LogP contribution is 2.56. The number of amides is 1. The van der Waals surface area contributed by atoms with Crippen LogP contribution in [0.25, 0.3) is 0 Å². The van der Waals surface area contributed by atoms with E-state index < -0.39 is 0 Å². The molecule has 1 spiro atoms. The van der Waals surface area contributed by atoms with Crippen LogP contribution in [-0.4, -0.2) is 52.2 Å². The van der Waals surface area contributed by atoms with Crippen molar-refractivity contribution in [3.8, 4) is 0 Å². The topological polar surface area (TPSA) is 59.4 Å². The average Bonchev–Trinajstić information content (AvgIpc) is 3.14. The van der Waals surface area contributed by atoms with E-state index in [4.69, 9.17) is 4.74 Å². The number of hydrogen-bond acceptors (Lipinski definition) is 4. The number of piperidine rings is 1. The van der Waals surface area contributed by atoms with Crippen LogP contribution < -0.4 is 5.32 Å². The van der Waals surface area contributed by atoms with Gasteiger partial charge in [0.15, 0.2) is 0 Å². The minimum Gasteiger partial charge on any atom is -0.378 e. The quantitative estimate of drug-likeness (QED) is 0.884. The van der Waals surface area contributed by atoms with Gasteiger partial charge < -0.3 is 19.5 Å². The molecule has 4 rings (SSSR count). The van der Waals surface area contributed by atoms with Crippen molar-refractivity contribution in [3.63, 3.8) is 0 Å². The molecule has 0 unspecified atom stereocenters. The van der Waals surface area contributed by atoms with E-state index in [-0.39, 0.29) is 12.0 Å². The summed E-state index contributed by atoms with van der Waals surface area (Å²) in [6, 6.07) is 0.377. The molecule has 3 aliphatic rings. The molecule has 1 N–H and O–H groups in total. The predicted octanol–water partition coefficient (Wildman–Crippen LogP) is 1.85. The van der Waals surface area contributed by atoms with Crippen molar-refractivity contribution in [2.24, 2.45) is 12.5 Å². The molecule has 6 heteroatoms. The lowest BCUT2D eigenvalue weighted by atomic mass is 9.93. The van der Waals surface area contributed by atoms with Gasteiger partial charge in [0.2, 0.25) is 5.91 Å². The van der Waals surface area contributed by atoms with Crippen LogP contribution >= 0.6 is 0 Å². The molecule has 1 amide bonds. The Morgan fingerprint density at radius 3 is 2.96 bits per heavy atom. The van der Waals surface area contributed by atoms with E-state index in [0.29, 0.717) is 24.4 Å². The van der Waals surface area contributed by atoms with Gasteiger partial charge in [-0.2, -0.15) is 0 Å². The Hall–Kier alpha value is -1.40. The lowest BCUT2D eigenvalue weighted by Crippen LogP contribution is -2.41. The van der Waals surface area contributed by atoms with Crippen molar-refractivity contribution < 1.29 is 9.53 Å². The normalized spacial score (nSPS) is 28.0. The summed E-state index contributed by atoms with van der Waals surface area (Å²) in [5, 5.41) is 3.45. The molecule has 25 heavy (non-hydrogen) atoms. The van der Waals surface area contributed by atoms with Gasteiger partial charge >= 0.3 is 0 Å². The Balaban J connectivity index is 1.47. The van der Waals surface area contributed by atoms with E-state index in [1.807, 2.05) is 24.0 Å². The molecule has 138 valence electrons. The van der Waals surface area contributed by atoms with Gasteiger partial charge in [-0.25, -0.2) is 4.98 Å². The second-order valence-electron chi connectivity index (χ2n) is 8.00. The van der Waals surface area contributed by atoms with Crippen LogP contribution in [0.2, 0.25) is 0 Å². The zero-order valence-corrected chi connectivity index (χ0v) is 15.2. The van der Waals surface area contributed by atoms with Gasteiger partial charge in [-0.15, -0.1) is 0 Å². The van der Waals surface area contributed by atoms with E-state index in [1.165, 1.54) is 19.3 Å². The smallest absolute Gasteiger partial charge is 0.225 e. The zero-order valence-electron chi connectivity index (χ0n) is 15.2. The summed E-state index contributed by atoms with van der Waals surface area (Å²) >= 11 is 0. The first-order valence-corrected chi connectivity index (χ1v) is 9.76. The van der Waals surface area contributed by atoms with E-state index in [9.17, 15) is 4.79 Å². The first-order valence-electron chi connectivity index (χ1n) is 9.76. The van der Waals surface area contributed by atoms with E-state index in [2.05, 4.69) is 15.2 Å². The van der Waals surface area contributed by atoms with Crippen LogP contribution in [0.1, 0.15) is 50.8 Å². The molecule has 3 heterocycles. The molecule has 0 bridgehead atoms. The first kappa shape index (κ1) is 17.0. The fourth-order valence-corrected chi connectivity index (χ4v) is 4.58. The minimum atomic E-state index is 0.104. The summed E-state index contributed by atoms with van der Waals surface area (Å²) in [4.78, 5) is 19.7. The molecule has 2 saturated heterocycles. The third kappa shape index (κ3) is 3.60. The molecule has 0 radical (unpaired) electrons. The Labute approximate surface area is 149 Å². The number of carbonyl (C=O) groups excluding carboxylic acids is 1. The summed E-state index contributed by atoms with van der Waals surface area (Å²) in [7, 11) is 2.00. The number of carbonyl (C=O) groups is 1. The highest BCUT2D eigenvalue weighted by Gasteiger charge is 2.57. The Bertz CT molecular complexity index is 602. The molecule has 1 aromatic rings. The minimum absolute atomic E-state index is 0.104. The summed E-state index contributed by atoms with van der Waals surface area (Å²) in [5.41, 5.74) is 0.347. The van der Waals surface area contributed by atoms with Crippen LogP contribution in [0.4, 0.5) is 0 Å². The lowest BCUT2D eigenvalue weighted by Gasteiger charge is -2.31. The molecular formula is C19H30N4O2. The second kappa shape index (κ2) is 7.08. The third-order valence-electron chi connectivity index (χ3n) is 6.35. The Morgan fingerprint density at radius 1 is 1.44 bits per heavy atom. The van der Waals surface area contributed by atoms with Crippen LogP contribution in [0.3, 0.4) is 0 Å². The van der Waals surface area contributed by atoms with Crippen LogP contribution in [0, 0.1) is 5.41 Å². The molecule has 2 atom stereocenters. The van der Waals surface area contributed by atoms with Crippen molar-refractivity contribution >= 4 is 5.91 Å². The van der Waals surface area contributed by atoms with Crippen molar-refractivity contribution in [1.29, 1.82) is 0 Å². The number of nitrogens with zero attached hydrogens (tertiary/aromatic N) is 3. The Kier molecular flexibility index (Phi) is 4.82. The molecule has 0 aromatic carbocycles. The number of aryl methyl sites for hydroxylation is 1. The SMILES string of the molecule is Cn1ccnc1CN(C(=O)C[C@@H]1CCCCO1)[C@H]1CC12CCNCC2. The zero-order chi connectivity index (χ0) is 17.3. The van der Waals surface area contributed by atoms with Gasteiger partial charge in [0.05, 0.1) is 19.1 Å². The number of rotatable bonds is 5. The van der Waals surface area contributed by atoms with Crippen molar-refractivity contribution in [3.05, 3.63) is 18.2 Å². The summed E-state index contributed by atoms with van der Waals surface area (Å²) < 4.78 is 7.84. The van der Waals surface area contributed by atoms with Crippen molar-refractivity contribution in [2.75, 3.05) is 19.7 Å². The number of aromatic nitrogens is 2. The molecule has 2 aliphatic heterocycles. The maximum atomic E-state index is 13.1. The van der Waals surface area contributed by atoms with Crippen LogP contribution in [-0.2, 0) is 23.1 Å². The first-order chi connectivity index (χ1) is 12.2. The monoisotopic (exact) mass is 346 g/mol. The number of ether oxygens (including phenoxy) is 1. The Morgan fingerprint density at radius 2 is 2.28 bits per heavy atom.